The fourth-order valence-corrected chi connectivity index (χ4v) is 4.74. The second-order valence-electron chi connectivity index (χ2n) is 7.88. The summed E-state index contributed by atoms with van der Waals surface area (Å²) in [6, 6.07) is 14.6. The van der Waals surface area contributed by atoms with Crippen LogP contribution in [-0.4, -0.2) is 44.7 Å². The Kier molecular flexibility index (Phi) is 5.97. The van der Waals surface area contributed by atoms with E-state index in [9.17, 15) is 14.4 Å². The van der Waals surface area contributed by atoms with Crippen molar-refractivity contribution in [3.8, 4) is 0 Å². The number of ether oxygens (including phenoxy) is 1. The van der Waals surface area contributed by atoms with Gasteiger partial charge in [-0.2, -0.15) is 0 Å². The number of pyridine rings is 1. The number of amides is 2. The van der Waals surface area contributed by atoms with E-state index in [2.05, 4.69) is 10.3 Å². The Morgan fingerprint density at radius 2 is 1.94 bits per heavy atom. The van der Waals surface area contributed by atoms with E-state index in [1.165, 1.54) is 15.4 Å². The first-order valence-corrected chi connectivity index (χ1v) is 11.6. The standard InChI is InChI=1S/C24H22N4O4S/c29-22-18(13-19-23(30)28(24(31)33-19)15-16-7-2-1-3-8-16)21(25-14-17-9-6-12-32-17)26-20-10-4-5-11-27(20)22/h1-5,7-8,10-11,13,17,25H,6,9,12,14-15H2/b19-13-/t17-/m1/s1. The summed E-state index contributed by atoms with van der Waals surface area (Å²) >= 11 is 0.832. The molecule has 2 fully saturated rings. The third-order valence-corrected chi connectivity index (χ3v) is 6.53. The number of carbonyl (C=O) groups excluding carboxylic acids is 2. The van der Waals surface area contributed by atoms with Gasteiger partial charge < -0.3 is 10.1 Å². The molecule has 0 aliphatic carbocycles. The Balaban J connectivity index is 1.49. The quantitative estimate of drug-likeness (QED) is 0.560. The van der Waals surface area contributed by atoms with Crippen LogP contribution in [0.5, 0.6) is 0 Å². The molecule has 5 rings (SSSR count). The van der Waals surface area contributed by atoms with Crippen LogP contribution in [0, 0.1) is 0 Å². The predicted octanol–water partition coefficient (Wildman–Crippen LogP) is 3.52. The van der Waals surface area contributed by atoms with Crippen LogP contribution in [0.2, 0.25) is 0 Å². The highest BCUT2D eigenvalue weighted by atomic mass is 32.2. The number of carbonyl (C=O) groups is 2. The number of benzene rings is 1. The van der Waals surface area contributed by atoms with E-state index >= 15 is 0 Å². The number of imide groups is 1. The Hall–Kier alpha value is -3.43. The first-order chi connectivity index (χ1) is 16.1. The van der Waals surface area contributed by atoms with E-state index in [-0.39, 0.29) is 33.9 Å². The van der Waals surface area contributed by atoms with Gasteiger partial charge in [-0.15, -0.1) is 0 Å². The molecule has 4 heterocycles. The Labute approximate surface area is 194 Å². The SMILES string of the molecule is O=C1S/C(=C\c2c(NC[C@H]3CCCO3)nc3ccccn3c2=O)C(=O)N1Cc1ccccc1. The number of nitrogens with one attached hydrogen (secondary N) is 1. The van der Waals surface area contributed by atoms with Gasteiger partial charge in [0, 0.05) is 19.3 Å². The fourth-order valence-electron chi connectivity index (χ4n) is 3.92. The summed E-state index contributed by atoms with van der Waals surface area (Å²) < 4.78 is 7.10. The molecule has 33 heavy (non-hydrogen) atoms. The molecule has 0 radical (unpaired) electrons. The van der Waals surface area contributed by atoms with E-state index in [4.69, 9.17) is 4.74 Å². The van der Waals surface area contributed by atoms with E-state index < -0.39 is 5.91 Å². The lowest BCUT2D eigenvalue weighted by Crippen LogP contribution is -2.27. The number of rotatable bonds is 6. The van der Waals surface area contributed by atoms with Crippen molar-refractivity contribution in [1.29, 1.82) is 0 Å². The normalized spacial score (nSPS) is 19.7. The van der Waals surface area contributed by atoms with Crippen molar-refractivity contribution < 1.29 is 14.3 Å². The third kappa shape index (κ3) is 4.42. The molecule has 0 unspecified atom stereocenters. The van der Waals surface area contributed by atoms with Crippen LogP contribution in [0.25, 0.3) is 11.7 Å². The molecular weight excluding hydrogens is 440 g/mol. The largest absolute Gasteiger partial charge is 0.376 e. The summed E-state index contributed by atoms with van der Waals surface area (Å²) in [5.74, 6) is -0.0481. The topological polar surface area (TPSA) is 93.0 Å². The van der Waals surface area contributed by atoms with Gasteiger partial charge in [0.1, 0.15) is 11.5 Å². The molecule has 2 aliphatic rings. The highest BCUT2D eigenvalue weighted by Crippen LogP contribution is 2.33. The third-order valence-electron chi connectivity index (χ3n) is 5.62. The number of thioether (sulfide) groups is 1. The van der Waals surface area contributed by atoms with Crippen LogP contribution in [0.3, 0.4) is 0 Å². The van der Waals surface area contributed by atoms with Crippen molar-refractivity contribution in [3.63, 3.8) is 0 Å². The van der Waals surface area contributed by atoms with Crippen molar-refractivity contribution in [3.05, 3.63) is 81.1 Å². The Morgan fingerprint density at radius 1 is 1.12 bits per heavy atom. The zero-order valence-corrected chi connectivity index (χ0v) is 18.6. The second-order valence-corrected chi connectivity index (χ2v) is 8.87. The summed E-state index contributed by atoms with van der Waals surface area (Å²) in [4.78, 5) is 44.9. The van der Waals surface area contributed by atoms with Crippen LogP contribution >= 0.6 is 11.8 Å². The first-order valence-electron chi connectivity index (χ1n) is 10.8. The molecule has 1 aromatic carbocycles. The minimum Gasteiger partial charge on any atom is -0.376 e. The molecule has 2 aliphatic heterocycles. The molecule has 0 spiro atoms. The molecule has 2 aromatic heterocycles. The molecule has 9 heteroatoms. The minimum absolute atomic E-state index is 0.0481. The predicted molar refractivity (Wildman–Crippen MR) is 127 cm³/mol. The van der Waals surface area contributed by atoms with Gasteiger partial charge in [-0.05, 0) is 48.4 Å². The Bertz CT molecular complexity index is 1300. The number of hydrogen-bond donors (Lipinski definition) is 1. The highest BCUT2D eigenvalue weighted by Gasteiger charge is 2.35. The smallest absolute Gasteiger partial charge is 0.293 e. The van der Waals surface area contributed by atoms with Crippen LogP contribution < -0.4 is 10.9 Å². The monoisotopic (exact) mass is 462 g/mol. The maximum Gasteiger partial charge on any atom is 0.293 e. The lowest BCUT2D eigenvalue weighted by atomic mass is 10.2. The number of fused-ring (bicyclic) bond motifs is 1. The van der Waals surface area contributed by atoms with E-state index in [0.717, 1.165) is 36.8 Å². The average molecular weight is 463 g/mol. The summed E-state index contributed by atoms with van der Waals surface area (Å²) in [6.45, 7) is 1.41. The number of anilines is 1. The Morgan fingerprint density at radius 3 is 2.73 bits per heavy atom. The van der Waals surface area contributed by atoms with Gasteiger partial charge in [0.2, 0.25) is 0 Å². The summed E-state index contributed by atoms with van der Waals surface area (Å²) in [7, 11) is 0. The molecular formula is C24H22N4O4S. The number of aromatic nitrogens is 2. The summed E-state index contributed by atoms with van der Waals surface area (Å²) in [5, 5.41) is 2.86. The molecule has 1 N–H and O–H groups in total. The molecule has 0 saturated carbocycles. The van der Waals surface area contributed by atoms with E-state index in [0.29, 0.717) is 18.0 Å². The lowest BCUT2D eigenvalue weighted by molar-refractivity contribution is -0.123. The van der Waals surface area contributed by atoms with Crippen molar-refractivity contribution in [2.24, 2.45) is 0 Å². The maximum atomic E-state index is 13.3. The molecule has 0 bridgehead atoms. The van der Waals surface area contributed by atoms with Gasteiger partial charge in [0.25, 0.3) is 16.7 Å². The van der Waals surface area contributed by atoms with Gasteiger partial charge in [0.05, 0.1) is 23.1 Å². The van der Waals surface area contributed by atoms with Crippen molar-refractivity contribution >= 4 is 40.4 Å². The fraction of sp³-hybridized carbons (Fsp3) is 0.250. The van der Waals surface area contributed by atoms with Crippen LogP contribution in [0.4, 0.5) is 10.6 Å². The van der Waals surface area contributed by atoms with Crippen LogP contribution in [-0.2, 0) is 16.1 Å². The lowest BCUT2D eigenvalue weighted by Gasteiger charge is -2.14. The maximum absolute atomic E-state index is 13.3. The first kappa shape index (κ1) is 21.4. The molecule has 3 aromatic rings. The van der Waals surface area contributed by atoms with Crippen molar-refractivity contribution in [1.82, 2.24) is 14.3 Å². The van der Waals surface area contributed by atoms with Crippen LogP contribution in [0.15, 0.2) is 64.4 Å². The average Bonchev–Trinajstić information content (AvgIpc) is 3.44. The van der Waals surface area contributed by atoms with E-state index in [1.54, 1.807) is 24.4 Å². The molecule has 168 valence electrons. The van der Waals surface area contributed by atoms with Gasteiger partial charge in [-0.25, -0.2) is 4.98 Å². The molecule has 2 amide bonds. The van der Waals surface area contributed by atoms with Crippen molar-refractivity contribution in [2.75, 3.05) is 18.5 Å². The summed E-state index contributed by atoms with van der Waals surface area (Å²) in [5.41, 5.74) is 1.27. The van der Waals surface area contributed by atoms with Gasteiger partial charge >= 0.3 is 0 Å². The van der Waals surface area contributed by atoms with Crippen LogP contribution in [0.1, 0.15) is 24.0 Å². The zero-order valence-electron chi connectivity index (χ0n) is 17.8. The molecule has 1 atom stereocenters. The van der Waals surface area contributed by atoms with Gasteiger partial charge in [-0.3, -0.25) is 23.7 Å². The molecule has 2 saturated heterocycles. The van der Waals surface area contributed by atoms with Crippen molar-refractivity contribution in [2.45, 2.75) is 25.5 Å². The number of hydrogen-bond acceptors (Lipinski definition) is 7. The zero-order chi connectivity index (χ0) is 22.8. The highest BCUT2D eigenvalue weighted by molar-refractivity contribution is 8.18. The van der Waals surface area contributed by atoms with Gasteiger partial charge in [-0.1, -0.05) is 36.4 Å². The molecule has 8 nitrogen and oxygen atoms in total. The van der Waals surface area contributed by atoms with Gasteiger partial charge in [0.15, 0.2) is 0 Å². The minimum atomic E-state index is -0.420. The summed E-state index contributed by atoms with van der Waals surface area (Å²) in [6.07, 6.45) is 5.09. The number of nitrogens with zero attached hydrogens (tertiary/aromatic N) is 3. The second kappa shape index (κ2) is 9.21. The van der Waals surface area contributed by atoms with E-state index in [1.807, 2.05) is 30.3 Å².